The molecule has 24 heavy (non-hydrogen) atoms. The molecular formula is C17H14NO6+. The second-order valence-corrected chi connectivity index (χ2v) is 5.11. The molecule has 0 saturated heterocycles. The summed E-state index contributed by atoms with van der Waals surface area (Å²) in [6.07, 6.45) is 3.45. The molecule has 3 aromatic rings. The normalized spacial score (nSPS) is 10.8. The second kappa shape index (κ2) is 5.69. The number of hydrogen-bond acceptors (Lipinski definition) is 4. The van der Waals surface area contributed by atoms with Gasteiger partial charge in [-0.3, -0.25) is 0 Å². The lowest BCUT2D eigenvalue weighted by Crippen LogP contribution is -2.21. The Morgan fingerprint density at radius 2 is 1.58 bits per heavy atom. The van der Waals surface area contributed by atoms with Crippen molar-refractivity contribution in [3.8, 4) is 11.5 Å². The molecule has 0 aliphatic carbocycles. The average Bonchev–Trinajstić information content (AvgIpc) is 2.58. The van der Waals surface area contributed by atoms with E-state index in [1.54, 1.807) is 28.9 Å². The summed E-state index contributed by atoms with van der Waals surface area (Å²) in [5.41, 5.74) is 0.155. The molecule has 0 aliphatic rings. The number of methoxy groups -OCH3 is 2. The summed E-state index contributed by atoms with van der Waals surface area (Å²) < 4.78 is 12.3. The van der Waals surface area contributed by atoms with Gasteiger partial charge in [-0.05, 0) is 17.5 Å². The lowest BCUT2D eigenvalue weighted by Gasteiger charge is -2.08. The molecule has 7 nitrogen and oxygen atoms in total. The molecule has 2 N–H and O–H groups in total. The Bertz CT molecular complexity index is 995. The fourth-order valence-electron chi connectivity index (χ4n) is 2.67. The predicted molar refractivity (Wildman–Crippen MR) is 84.1 cm³/mol. The zero-order chi connectivity index (χ0) is 17.4. The Morgan fingerprint density at radius 3 is 2.17 bits per heavy atom. The highest BCUT2D eigenvalue weighted by atomic mass is 16.5. The first-order chi connectivity index (χ1) is 11.5. The summed E-state index contributed by atoms with van der Waals surface area (Å²) in [5.74, 6) is -1.56. The minimum atomic E-state index is -1.29. The van der Waals surface area contributed by atoms with Crippen LogP contribution < -0.4 is 13.9 Å². The molecular weight excluding hydrogens is 314 g/mol. The number of carbonyl (C=O) groups is 2. The third-order valence-corrected chi connectivity index (χ3v) is 3.83. The van der Waals surface area contributed by atoms with E-state index < -0.39 is 11.9 Å². The largest absolute Gasteiger partial charge is 0.492 e. The van der Waals surface area contributed by atoms with Gasteiger partial charge in [0.05, 0.1) is 36.8 Å². The molecule has 3 rings (SSSR count). The molecule has 0 spiro atoms. The minimum absolute atomic E-state index is 0.250. The smallest absolute Gasteiger partial charge is 0.336 e. The molecule has 0 aliphatic heterocycles. The molecule has 122 valence electrons. The van der Waals surface area contributed by atoms with Gasteiger partial charge in [0.15, 0.2) is 11.9 Å². The molecule has 0 radical (unpaired) electrons. The van der Waals surface area contributed by atoms with Crippen molar-refractivity contribution in [3.05, 3.63) is 47.8 Å². The van der Waals surface area contributed by atoms with Crippen LogP contribution in [0, 0.1) is 0 Å². The number of carboxylic acid groups (broad SMARTS) is 2. The molecule has 1 aromatic carbocycles. The summed E-state index contributed by atoms with van der Waals surface area (Å²) in [5, 5.41) is 19.8. The maximum atomic E-state index is 11.4. The van der Waals surface area contributed by atoms with Gasteiger partial charge in [-0.1, -0.05) is 0 Å². The number of aromatic nitrogens is 1. The number of pyridine rings is 2. The highest BCUT2D eigenvalue weighted by Crippen LogP contribution is 2.29. The van der Waals surface area contributed by atoms with Crippen molar-refractivity contribution in [2.45, 2.75) is 0 Å². The van der Waals surface area contributed by atoms with E-state index in [0.29, 0.717) is 27.8 Å². The van der Waals surface area contributed by atoms with Crippen LogP contribution in [0.1, 0.15) is 20.7 Å². The van der Waals surface area contributed by atoms with Crippen LogP contribution >= 0.6 is 0 Å². The van der Waals surface area contributed by atoms with Crippen LogP contribution in [0.25, 0.3) is 16.3 Å². The van der Waals surface area contributed by atoms with Gasteiger partial charge >= 0.3 is 11.9 Å². The summed E-state index contributed by atoms with van der Waals surface area (Å²) in [4.78, 5) is 22.7. The molecule has 0 amide bonds. The molecule has 0 bridgehead atoms. The van der Waals surface area contributed by atoms with Crippen molar-refractivity contribution >= 4 is 28.2 Å². The fraction of sp³-hybridized carbons (Fsp3) is 0.118. The number of rotatable bonds is 4. The van der Waals surface area contributed by atoms with Crippen molar-refractivity contribution in [1.29, 1.82) is 0 Å². The van der Waals surface area contributed by atoms with Gasteiger partial charge in [-0.2, -0.15) is 4.40 Å². The predicted octanol–water partition coefficient (Wildman–Crippen LogP) is 1.99. The standard InChI is InChI=1S/C17H13NO6/c1-23-14-7-13-10-6-12(17(21)22)11(16(19)20)5-9(10)3-4-18(13)8-15(14)24-2/h3-8H,1-2H3,(H-,19,20,21,22)/p+1. The monoisotopic (exact) mass is 328 g/mol. The van der Waals surface area contributed by atoms with Gasteiger partial charge in [-0.25, -0.2) is 9.59 Å². The van der Waals surface area contributed by atoms with Crippen LogP contribution in [0.4, 0.5) is 0 Å². The number of aromatic carboxylic acids is 2. The van der Waals surface area contributed by atoms with Gasteiger partial charge in [0.1, 0.15) is 0 Å². The SMILES string of the molecule is COc1cc2c3cc(C(=O)O)c(C(=O)O)cc3cc[n+]2cc1OC. The molecule has 2 heterocycles. The van der Waals surface area contributed by atoms with Crippen LogP contribution in [0.5, 0.6) is 11.5 Å². The van der Waals surface area contributed by atoms with Crippen LogP contribution in [-0.4, -0.2) is 36.4 Å². The van der Waals surface area contributed by atoms with Gasteiger partial charge in [0, 0.05) is 6.07 Å². The van der Waals surface area contributed by atoms with E-state index in [9.17, 15) is 19.8 Å². The van der Waals surface area contributed by atoms with Crippen molar-refractivity contribution in [2.24, 2.45) is 0 Å². The highest BCUT2D eigenvalue weighted by Gasteiger charge is 2.21. The minimum Gasteiger partial charge on any atom is -0.492 e. The maximum absolute atomic E-state index is 11.4. The number of carboxylic acids is 2. The van der Waals surface area contributed by atoms with Gasteiger partial charge in [0.2, 0.25) is 17.5 Å². The molecule has 0 fully saturated rings. The summed E-state index contributed by atoms with van der Waals surface area (Å²) in [6.45, 7) is 0. The van der Waals surface area contributed by atoms with Crippen LogP contribution in [0.3, 0.4) is 0 Å². The van der Waals surface area contributed by atoms with E-state index in [0.717, 1.165) is 0 Å². The number of ether oxygens (including phenoxy) is 2. The van der Waals surface area contributed by atoms with E-state index in [2.05, 4.69) is 0 Å². The van der Waals surface area contributed by atoms with Crippen LogP contribution in [0.2, 0.25) is 0 Å². The van der Waals surface area contributed by atoms with Gasteiger partial charge in [-0.15, -0.1) is 0 Å². The second-order valence-electron chi connectivity index (χ2n) is 5.11. The Morgan fingerprint density at radius 1 is 0.958 bits per heavy atom. The molecule has 0 saturated carbocycles. The number of fused-ring (bicyclic) bond motifs is 3. The van der Waals surface area contributed by atoms with Crippen molar-refractivity contribution in [3.63, 3.8) is 0 Å². The third-order valence-electron chi connectivity index (χ3n) is 3.83. The Balaban J connectivity index is 2.43. The molecule has 2 aromatic heterocycles. The third kappa shape index (κ3) is 2.36. The summed E-state index contributed by atoms with van der Waals surface area (Å²) in [6, 6.07) is 6.15. The molecule has 7 heteroatoms. The zero-order valence-corrected chi connectivity index (χ0v) is 12.9. The molecule has 0 unspecified atom stereocenters. The summed E-state index contributed by atoms with van der Waals surface area (Å²) in [7, 11) is 3.03. The lowest BCUT2D eigenvalue weighted by molar-refractivity contribution is -0.511. The Hall–Kier alpha value is -3.35. The topological polar surface area (TPSA) is 97.2 Å². The molecule has 0 atom stereocenters. The first kappa shape index (κ1) is 15.5. The van der Waals surface area contributed by atoms with Crippen molar-refractivity contribution < 1.29 is 33.7 Å². The van der Waals surface area contributed by atoms with Crippen LogP contribution in [0.15, 0.2) is 36.7 Å². The Labute approximate surface area is 136 Å². The average molecular weight is 328 g/mol. The van der Waals surface area contributed by atoms with E-state index >= 15 is 0 Å². The van der Waals surface area contributed by atoms with Crippen molar-refractivity contribution in [2.75, 3.05) is 14.2 Å². The number of hydrogen-bond donors (Lipinski definition) is 2. The highest BCUT2D eigenvalue weighted by molar-refractivity contribution is 6.08. The first-order valence-electron chi connectivity index (χ1n) is 6.96. The Kier molecular flexibility index (Phi) is 3.69. The summed E-state index contributed by atoms with van der Waals surface area (Å²) >= 11 is 0. The van der Waals surface area contributed by atoms with Crippen LogP contribution in [-0.2, 0) is 0 Å². The van der Waals surface area contributed by atoms with E-state index in [-0.39, 0.29) is 11.1 Å². The van der Waals surface area contributed by atoms with E-state index in [1.807, 2.05) is 0 Å². The number of nitrogens with zero attached hydrogens (tertiary/aromatic N) is 1. The van der Waals surface area contributed by atoms with E-state index in [4.69, 9.17) is 9.47 Å². The maximum Gasteiger partial charge on any atom is 0.336 e. The number of benzene rings is 1. The first-order valence-corrected chi connectivity index (χ1v) is 6.96. The lowest BCUT2D eigenvalue weighted by atomic mass is 10.0. The van der Waals surface area contributed by atoms with Gasteiger partial charge in [0.25, 0.3) is 0 Å². The van der Waals surface area contributed by atoms with Crippen molar-refractivity contribution in [1.82, 2.24) is 0 Å². The fourth-order valence-corrected chi connectivity index (χ4v) is 2.67. The zero-order valence-electron chi connectivity index (χ0n) is 12.9. The quantitative estimate of drug-likeness (QED) is 0.561. The van der Waals surface area contributed by atoms with E-state index in [1.165, 1.54) is 26.4 Å². The van der Waals surface area contributed by atoms with Gasteiger partial charge < -0.3 is 19.7 Å².